The minimum Gasteiger partial charge on any atom is -0.282 e. The Bertz CT molecular complexity index is 791. The van der Waals surface area contributed by atoms with Crippen LogP contribution in [0.25, 0.3) is 6.08 Å². The largest absolute Gasteiger partial charge is 0.282 e. The highest BCUT2D eigenvalue weighted by molar-refractivity contribution is 7.07. The first-order valence-electron chi connectivity index (χ1n) is 5.36. The Kier molecular flexibility index (Phi) is 3.01. The summed E-state index contributed by atoms with van der Waals surface area (Å²) in [5.74, 6) is 0. The predicted molar refractivity (Wildman–Crippen MR) is 74.3 cm³/mol. The molecule has 0 unspecified atom stereocenters. The highest BCUT2D eigenvalue weighted by atomic mass is 35.5. The number of aromatic nitrogens is 1. The van der Waals surface area contributed by atoms with Crippen molar-refractivity contribution in [1.82, 2.24) is 4.57 Å². The van der Waals surface area contributed by atoms with E-state index in [0.717, 1.165) is 10.4 Å². The van der Waals surface area contributed by atoms with Crippen LogP contribution in [0.1, 0.15) is 5.56 Å². The lowest BCUT2D eigenvalue weighted by Crippen LogP contribution is -2.29. The number of benzene rings is 1. The molecule has 0 saturated carbocycles. The van der Waals surface area contributed by atoms with Crippen LogP contribution in [0.5, 0.6) is 0 Å². The topological polar surface area (TPSA) is 34.4 Å². The van der Waals surface area contributed by atoms with Crippen molar-refractivity contribution in [1.29, 1.82) is 0 Å². The van der Waals surface area contributed by atoms with Gasteiger partial charge in [0.1, 0.15) is 0 Å². The Morgan fingerprint density at radius 1 is 1.33 bits per heavy atom. The third-order valence-corrected chi connectivity index (χ3v) is 4.48. The molecule has 92 valence electrons. The molecule has 1 aromatic carbocycles. The number of thiazole rings is 1. The van der Waals surface area contributed by atoms with E-state index < -0.39 is 0 Å². The molecule has 3 rings (SSSR count). The predicted octanol–water partition coefficient (Wildman–Crippen LogP) is 1.68. The Hall–Kier alpha value is -1.10. The van der Waals surface area contributed by atoms with E-state index in [1.54, 1.807) is 16.7 Å². The smallest absolute Gasteiger partial charge is 0.270 e. The summed E-state index contributed by atoms with van der Waals surface area (Å²) in [5.41, 5.74) is 0.879. The van der Waals surface area contributed by atoms with Crippen LogP contribution in [0.15, 0.2) is 28.0 Å². The molecule has 1 aliphatic rings. The van der Waals surface area contributed by atoms with Gasteiger partial charge in [-0.05, 0) is 23.8 Å². The van der Waals surface area contributed by atoms with Gasteiger partial charge < -0.3 is 0 Å². The van der Waals surface area contributed by atoms with Gasteiger partial charge in [0.25, 0.3) is 5.56 Å². The first kappa shape index (κ1) is 12.0. The van der Waals surface area contributed by atoms with Crippen LogP contribution in [0.2, 0.25) is 10.0 Å². The second-order valence-electron chi connectivity index (χ2n) is 3.91. The van der Waals surface area contributed by atoms with Gasteiger partial charge in [-0.25, -0.2) is 0 Å². The lowest BCUT2D eigenvalue weighted by molar-refractivity contribution is 0.740. The molecule has 1 aliphatic heterocycles. The van der Waals surface area contributed by atoms with Gasteiger partial charge in [-0.2, -0.15) is 0 Å². The summed E-state index contributed by atoms with van der Waals surface area (Å²) in [6.45, 7) is 1.38. The standard InChI is InChI=1S/C12H8Cl2N2OS/c13-8-2-1-7(5-9(8)14)6-10-11(17)16-4-3-15-12(16)18-10/h1-2,5-6H,3-4H2/b10-6-. The molecule has 0 N–H and O–H groups in total. The number of nitrogens with zero attached hydrogens (tertiary/aromatic N) is 2. The summed E-state index contributed by atoms with van der Waals surface area (Å²) in [6, 6.07) is 5.30. The molecule has 0 radical (unpaired) electrons. The van der Waals surface area contributed by atoms with Crippen molar-refractivity contribution in [3.05, 3.63) is 53.5 Å². The number of rotatable bonds is 1. The molecule has 0 atom stereocenters. The molecule has 0 fully saturated rings. The Morgan fingerprint density at radius 2 is 2.17 bits per heavy atom. The molecule has 2 heterocycles. The fourth-order valence-electron chi connectivity index (χ4n) is 1.82. The van der Waals surface area contributed by atoms with E-state index in [1.165, 1.54) is 11.3 Å². The van der Waals surface area contributed by atoms with E-state index in [-0.39, 0.29) is 5.56 Å². The van der Waals surface area contributed by atoms with E-state index in [2.05, 4.69) is 4.99 Å². The first-order valence-corrected chi connectivity index (χ1v) is 6.93. The Morgan fingerprint density at radius 3 is 2.89 bits per heavy atom. The van der Waals surface area contributed by atoms with Crippen molar-refractivity contribution in [3.63, 3.8) is 0 Å². The van der Waals surface area contributed by atoms with Crippen LogP contribution in [-0.2, 0) is 6.54 Å². The molecule has 3 nitrogen and oxygen atoms in total. The minimum atomic E-state index is 0.0160. The second-order valence-corrected chi connectivity index (χ2v) is 5.73. The van der Waals surface area contributed by atoms with E-state index in [0.29, 0.717) is 27.7 Å². The lowest BCUT2D eigenvalue weighted by atomic mass is 10.2. The number of fused-ring (bicyclic) bond motifs is 1. The van der Waals surface area contributed by atoms with Crippen LogP contribution in [0.3, 0.4) is 0 Å². The highest BCUT2D eigenvalue weighted by Crippen LogP contribution is 2.22. The van der Waals surface area contributed by atoms with Gasteiger partial charge in [0.15, 0.2) is 4.80 Å². The summed E-state index contributed by atoms with van der Waals surface area (Å²) in [5, 5.41) is 0.994. The molecule has 0 amide bonds. The van der Waals surface area contributed by atoms with Gasteiger partial charge in [-0.15, -0.1) is 0 Å². The number of hydrogen-bond donors (Lipinski definition) is 0. The summed E-state index contributed by atoms with van der Waals surface area (Å²) >= 11 is 13.2. The zero-order chi connectivity index (χ0) is 12.7. The van der Waals surface area contributed by atoms with Crippen molar-refractivity contribution in [2.24, 2.45) is 4.99 Å². The van der Waals surface area contributed by atoms with Crippen LogP contribution in [0.4, 0.5) is 0 Å². The second kappa shape index (κ2) is 4.53. The third kappa shape index (κ3) is 2.00. The van der Waals surface area contributed by atoms with E-state index in [4.69, 9.17) is 23.2 Å². The lowest BCUT2D eigenvalue weighted by Gasteiger charge is -1.96. The van der Waals surface area contributed by atoms with Gasteiger partial charge in [0.05, 0.1) is 21.1 Å². The van der Waals surface area contributed by atoms with Crippen molar-refractivity contribution >= 4 is 40.6 Å². The average molecular weight is 299 g/mol. The summed E-state index contributed by atoms with van der Waals surface area (Å²) in [7, 11) is 0. The van der Waals surface area contributed by atoms with Crippen molar-refractivity contribution in [2.45, 2.75) is 6.54 Å². The monoisotopic (exact) mass is 298 g/mol. The fraction of sp³-hybridized carbons (Fsp3) is 0.167. The molecule has 1 aromatic heterocycles. The molecular weight excluding hydrogens is 291 g/mol. The maximum absolute atomic E-state index is 12.0. The maximum Gasteiger partial charge on any atom is 0.270 e. The number of halogens is 2. The zero-order valence-corrected chi connectivity index (χ0v) is 11.5. The van der Waals surface area contributed by atoms with Crippen molar-refractivity contribution in [3.8, 4) is 0 Å². The van der Waals surface area contributed by atoms with Gasteiger partial charge in [-0.1, -0.05) is 40.6 Å². The average Bonchev–Trinajstić information content (AvgIpc) is 2.89. The van der Waals surface area contributed by atoms with Crippen LogP contribution < -0.4 is 14.9 Å². The molecule has 0 spiro atoms. The van der Waals surface area contributed by atoms with E-state index >= 15 is 0 Å². The summed E-state index contributed by atoms with van der Waals surface area (Å²) < 4.78 is 2.38. The molecular formula is C12H8Cl2N2OS. The van der Waals surface area contributed by atoms with Crippen molar-refractivity contribution < 1.29 is 0 Å². The Labute approximate surface area is 117 Å². The highest BCUT2D eigenvalue weighted by Gasteiger charge is 2.09. The molecule has 0 aliphatic carbocycles. The van der Waals surface area contributed by atoms with E-state index in [1.807, 2.05) is 12.1 Å². The van der Waals surface area contributed by atoms with Gasteiger partial charge >= 0.3 is 0 Å². The fourth-order valence-corrected chi connectivity index (χ4v) is 3.16. The molecule has 0 bridgehead atoms. The molecule has 18 heavy (non-hydrogen) atoms. The quantitative estimate of drug-likeness (QED) is 0.789. The SMILES string of the molecule is O=c1/c(=C/c2ccc(Cl)c(Cl)c2)sc2n1CCN=2. The normalized spacial score (nSPS) is 14.7. The molecule has 6 heteroatoms. The Balaban J connectivity index is 2.18. The number of hydrogen-bond acceptors (Lipinski definition) is 3. The minimum absolute atomic E-state index is 0.0160. The summed E-state index contributed by atoms with van der Waals surface area (Å²) in [6.07, 6.45) is 1.82. The maximum atomic E-state index is 12.0. The molecule has 2 aromatic rings. The van der Waals surface area contributed by atoms with Crippen LogP contribution in [-0.4, -0.2) is 11.1 Å². The van der Waals surface area contributed by atoms with Crippen LogP contribution in [0, 0.1) is 0 Å². The van der Waals surface area contributed by atoms with Gasteiger partial charge in [0.2, 0.25) is 0 Å². The third-order valence-electron chi connectivity index (χ3n) is 2.70. The van der Waals surface area contributed by atoms with Gasteiger partial charge in [-0.3, -0.25) is 14.4 Å². The zero-order valence-electron chi connectivity index (χ0n) is 9.19. The van der Waals surface area contributed by atoms with Crippen molar-refractivity contribution in [2.75, 3.05) is 6.54 Å². The summed E-state index contributed by atoms with van der Waals surface area (Å²) in [4.78, 5) is 17.1. The molecule has 0 saturated heterocycles. The first-order chi connectivity index (χ1) is 8.65. The van der Waals surface area contributed by atoms with Crippen LogP contribution >= 0.6 is 34.5 Å². The van der Waals surface area contributed by atoms with E-state index in [9.17, 15) is 4.79 Å². The van der Waals surface area contributed by atoms with Gasteiger partial charge in [0, 0.05) is 6.54 Å².